The van der Waals surface area contributed by atoms with E-state index in [0.29, 0.717) is 22.2 Å². The fourth-order valence-corrected chi connectivity index (χ4v) is 3.87. The van der Waals surface area contributed by atoms with Crippen molar-refractivity contribution in [3.8, 4) is 6.07 Å². The molecule has 0 spiro atoms. The number of nitrogens with one attached hydrogen (secondary N) is 1. The van der Waals surface area contributed by atoms with Gasteiger partial charge in [0, 0.05) is 43.1 Å². The maximum Gasteiger partial charge on any atom is 0.254 e. The summed E-state index contributed by atoms with van der Waals surface area (Å²) in [6.07, 6.45) is 6.98. The highest BCUT2D eigenvalue weighted by Gasteiger charge is 2.26. The van der Waals surface area contributed by atoms with Crippen LogP contribution in [0, 0.1) is 11.3 Å². The smallest absolute Gasteiger partial charge is 0.254 e. The molecular formula is C22H26ClN5O. The minimum absolute atomic E-state index is 0.115. The second kappa shape index (κ2) is 9.23. The molecule has 0 radical (unpaired) electrons. The average molecular weight is 412 g/mol. The summed E-state index contributed by atoms with van der Waals surface area (Å²) in [6.45, 7) is 4.05. The standard InChI is InChI=1S/C22H26ClN5O/c1-14(2)21-25-12-16(13-26-21)22(29)27-17-5-8-18(9-6-17)28(3)19-7-4-15(11-24)20(23)10-19/h4,7,10,12-14,17-18H,5-6,8-9H2,1-3H3,(H,27,29)/t17-,18-. The molecule has 152 valence electrons. The van der Waals surface area contributed by atoms with Gasteiger partial charge < -0.3 is 10.2 Å². The number of benzene rings is 1. The highest BCUT2D eigenvalue weighted by atomic mass is 35.5. The van der Waals surface area contributed by atoms with Crippen LogP contribution in [0.15, 0.2) is 30.6 Å². The van der Waals surface area contributed by atoms with Gasteiger partial charge in [0.2, 0.25) is 0 Å². The molecular weight excluding hydrogens is 386 g/mol. The van der Waals surface area contributed by atoms with Gasteiger partial charge in [0.25, 0.3) is 5.91 Å². The molecule has 6 nitrogen and oxygen atoms in total. The van der Waals surface area contributed by atoms with E-state index in [0.717, 1.165) is 37.2 Å². The molecule has 1 aromatic heterocycles. The number of carbonyl (C=O) groups excluding carboxylic acids is 1. The molecule has 29 heavy (non-hydrogen) atoms. The van der Waals surface area contributed by atoms with Gasteiger partial charge in [-0.15, -0.1) is 0 Å². The molecule has 1 amide bonds. The molecule has 1 N–H and O–H groups in total. The van der Waals surface area contributed by atoms with E-state index in [-0.39, 0.29) is 17.9 Å². The number of nitriles is 1. The summed E-state index contributed by atoms with van der Waals surface area (Å²) in [7, 11) is 2.05. The third kappa shape index (κ3) is 5.04. The molecule has 0 atom stereocenters. The van der Waals surface area contributed by atoms with Gasteiger partial charge in [-0.2, -0.15) is 5.26 Å². The van der Waals surface area contributed by atoms with Crippen molar-refractivity contribution in [2.45, 2.75) is 57.5 Å². The summed E-state index contributed by atoms with van der Waals surface area (Å²) in [5.41, 5.74) is 1.99. The first-order chi connectivity index (χ1) is 13.9. The van der Waals surface area contributed by atoms with Crippen LogP contribution in [-0.2, 0) is 0 Å². The lowest BCUT2D eigenvalue weighted by atomic mass is 9.90. The van der Waals surface area contributed by atoms with Crippen molar-refractivity contribution in [3.63, 3.8) is 0 Å². The average Bonchev–Trinajstić information content (AvgIpc) is 2.73. The Hall–Kier alpha value is -2.65. The van der Waals surface area contributed by atoms with Crippen LogP contribution in [0.3, 0.4) is 0 Å². The Morgan fingerprint density at radius 2 is 1.90 bits per heavy atom. The van der Waals surface area contributed by atoms with Gasteiger partial charge >= 0.3 is 0 Å². The zero-order valence-corrected chi connectivity index (χ0v) is 17.8. The molecule has 2 aromatic rings. The monoisotopic (exact) mass is 411 g/mol. The maximum atomic E-state index is 12.5. The van der Waals surface area contributed by atoms with Gasteiger partial charge in [0.15, 0.2) is 0 Å². The summed E-state index contributed by atoms with van der Waals surface area (Å²) >= 11 is 6.17. The first-order valence-electron chi connectivity index (χ1n) is 9.94. The SMILES string of the molecule is CC(C)c1ncc(C(=O)N[C@H]2CC[C@H](N(C)c3ccc(C#N)c(Cl)c3)CC2)cn1. The highest BCUT2D eigenvalue weighted by molar-refractivity contribution is 6.32. The summed E-state index contributed by atoms with van der Waals surface area (Å²) in [5.74, 6) is 0.870. The van der Waals surface area contributed by atoms with Crippen molar-refractivity contribution in [1.29, 1.82) is 5.26 Å². The minimum Gasteiger partial charge on any atom is -0.372 e. The van der Waals surface area contributed by atoms with Crippen LogP contribution in [-0.4, -0.2) is 35.0 Å². The molecule has 1 aliphatic rings. The second-order valence-electron chi connectivity index (χ2n) is 7.85. The third-order valence-electron chi connectivity index (χ3n) is 5.51. The lowest BCUT2D eigenvalue weighted by Gasteiger charge is -2.36. The number of hydrogen-bond acceptors (Lipinski definition) is 5. The van der Waals surface area contributed by atoms with Gasteiger partial charge in [0.05, 0.1) is 16.1 Å². The van der Waals surface area contributed by atoms with E-state index in [9.17, 15) is 4.79 Å². The molecule has 3 rings (SSSR count). The Kier molecular flexibility index (Phi) is 6.71. The first kappa shape index (κ1) is 21.1. The number of halogens is 1. The van der Waals surface area contributed by atoms with Gasteiger partial charge in [-0.25, -0.2) is 9.97 Å². The summed E-state index contributed by atoms with van der Waals surface area (Å²) in [5, 5.41) is 12.6. The van der Waals surface area contributed by atoms with Crippen LogP contribution in [0.25, 0.3) is 0 Å². The Bertz CT molecular complexity index is 898. The topological polar surface area (TPSA) is 81.9 Å². The van der Waals surface area contributed by atoms with E-state index in [1.807, 2.05) is 26.0 Å². The number of anilines is 1. The lowest BCUT2D eigenvalue weighted by Crippen LogP contribution is -2.43. The van der Waals surface area contributed by atoms with Crippen molar-refractivity contribution >= 4 is 23.2 Å². The highest BCUT2D eigenvalue weighted by Crippen LogP contribution is 2.29. The van der Waals surface area contributed by atoms with Crippen molar-refractivity contribution in [1.82, 2.24) is 15.3 Å². The van der Waals surface area contributed by atoms with E-state index >= 15 is 0 Å². The van der Waals surface area contributed by atoms with Crippen LogP contribution < -0.4 is 10.2 Å². The minimum atomic E-state index is -0.115. The predicted molar refractivity (Wildman–Crippen MR) is 114 cm³/mol. The molecule has 0 saturated heterocycles. The Labute approximate surface area is 176 Å². The Balaban J connectivity index is 1.54. The lowest BCUT2D eigenvalue weighted by molar-refractivity contribution is 0.0925. The molecule has 1 saturated carbocycles. The van der Waals surface area contributed by atoms with E-state index in [2.05, 4.69) is 33.3 Å². The zero-order valence-electron chi connectivity index (χ0n) is 17.0. The molecule has 0 unspecified atom stereocenters. The van der Waals surface area contributed by atoms with Crippen LogP contribution in [0.2, 0.25) is 5.02 Å². The summed E-state index contributed by atoms with van der Waals surface area (Å²) in [4.78, 5) is 23.2. The van der Waals surface area contributed by atoms with E-state index in [1.165, 1.54) is 0 Å². The van der Waals surface area contributed by atoms with Gasteiger partial charge in [-0.05, 0) is 43.9 Å². The fourth-order valence-electron chi connectivity index (χ4n) is 3.65. The first-order valence-corrected chi connectivity index (χ1v) is 10.3. The van der Waals surface area contributed by atoms with E-state index in [1.54, 1.807) is 18.5 Å². The third-order valence-corrected chi connectivity index (χ3v) is 5.82. The molecule has 1 aromatic carbocycles. The molecule has 0 aliphatic heterocycles. The van der Waals surface area contributed by atoms with Crippen molar-refractivity contribution < 1.29 is 4.79 Å². The van der Waals surface area contributed by atoms with Crippen molar-refractivity contribution in [3.05, 3.63) is 52.6 Å². The van der Waals surface area contributed by atoms with Crippen molar-refractivity contribution in [2.75, 3.05) is 11.9 Å². The quantitative estimate of drug-likeness (QED) is 0.792. The number of nitrogens with zero attached hydrogens (tertiary/aromatic N) is 4. The van der Waals surface area contributed by atoms with E-state index < -0.39 is 0 Å². The van der Waals surface area contributed by atoms with Gasteiger partial charge in [0.1, 0.15) is 11.9 Å². The van der Waals surface area contributed by atoms with Crippen LogP contribution >= 0.6 is 11.6 Å². The normalized spacial score (nSPS) is 18.9. The fraction of sp³-hybridized carbons (Fsp3) is 0.455. The number of hydrogen-bond donors (Lipinski definition) is 1. The number of amides is 1. The largest absolute Gasteiger partial charge is 0.372 e. The van der Waals surface area contributed by atoms with Crippen molar-refractivity contribution in [2.24, 2.45) is 0 Å². The van der Waals surface area contributed by atoms with Crippen LogP contribution in [0.4, 0.5) is 5.69 Å². The number of rotatable bonds is 5. The van der Waals surface area contributed by atoms with Gasteiger partial charge in [-0.1, -0.05) is 25.4 Å². The molecule has 7 heteroatoms. The predicted octanol–water partition coefficient (Wildman–Crippen LogP) is 4.30. The Morgan fingerprint density at radius 1 is 1.24 bits per heavy atom. The molecule has 0 bridgehead atoms. The summed E-state index contributed by atoms with van der Waals surface area (Å²) < 4.78 is 0. The van der Waals surface area contributed by atoms with Gasteiger partial charge in [-0.3, -0.25) is 4.79 Å². The van der Waals surface area contributed by atoms with Crippen LogP contribution in [0.5, 0.6) is 0 Å². The Morgan fingerprint density at radius 3 is 2.45 bits per heavy atom. The summed E-state index contributed by atoms with van der Waals surface area (Å²) in [6, 6.07) is 8.15. The van der Waals surface area contributed by atoms with Crippen LogP contribution in [0.1, 0.15) is 67.2 Å². The maximum absolute atomic E-state index is 12.5. The van der Waals surface area contributed by atoms with E-state index in [4.69, 9.17) is 16.9 Å². The number of aromatic nitrogens is 2. The molecule has 1 fully saturated rings. The zero-order chi connectivity index (χ0) is 21.0. The molecule has 1 heterocycles. The number of carbonyl (C=O) groups is 1. The molecule has 1 aliphatic carbocycles. The second-order valence-corrected chi connectivity index (χ2v) is 8.26.